The molecule has 1 unspecified atom stereocenters. The third-order valence-corrected chi connectivity index (χ3v) is 12.4. The van der Waals surface area contributed by atoms with Crippen LogP contribution in [0.2, 0.25) is 0 Å². The smallest absolute Gasteiger partial charge is 0.143 e. The summed E-state index contributed by atoms with van der Waals surface area (Å²) >= 11 is 0. The highest BCUT2D eigenvalue weighted by atomic mass is 16.3. The third kappa shape index (κ3) is 6.57. The van der Waals surface area contributed by atoms with Crippen LogP contribution in [0.3, 0.4) is 0 Å². The lowest BCUT2D eigenvalue weighted by molar-refractivity contribution is 0.672. The van der Waals surface area contributed by atoms with Crippen molar-refractivity contribution in [3.05, 3.63) is 247 Å². The molecule has 0 saturated heterocycles. The van der Waals surface area contributed by atoms with Crippen molar-refractivity contribution in [3.8, 4) is 22.3 Å². The molecular weight excluding hydrogens is 727 g/mol. The standard InChI is InChI=1S/C58H43NO/c1-4-14-40(15-5-1)43-26-28-46(29-27-43)48-20-12-21-50(38-48)59(49-36-34-45(35-37-49)42-18-8-3-9-19-42)55-24-13-25-56-57(55)54-39-53(51-22-10-11-23-52(51)58(54)60-56)47-32-30-44(31-33-47)41-16-6-2-7-17-41/h1-32,34,36-39,45,47H,33,35H2/t45-,47?/m0/s1. The monoisotopic (exact) mass is 769 g/mol. The summed E-state index contributed by atoms with van der Waals surface area (Å²) in [6.45, 7) is 0. The number of fused-ring (bicyclic) bond motifs is 5. The molecule has 1 aromatic heterocycles. The van der Waals surface area contributed by atoms with Crippen LogP contribution < -0.4 is 4.90 Å². The molecule has 0 radical (unpaired) electrons. The Morgan fingerprint density at radius 1 is 0.450 bits per heavy atom. The maximum atomic E-state index is 6.92. The van der Waals surface area contributed by atoms with Gasteiger partial charge in [-0.1, -0.05) is 188 Å². The molecule has 0 bridgehead atoms. The molecule has 2 aliphatic rings. The van der Waals surface area contributed by atoms with Gasteiger partial charge in [-0.3, -0.25) is 0 Å². The fourth-order valence-electron chi connectivity index (χ4n) is 9.31. The lowest BCUT2D eigenvalue weighted by atomic mass is 9.85. The Kier molecular flexibility index (Phi) is 9.17. The van der Waals surface area contributed by atoms with Crippen LogP contribution in [0.4, 0.5) is 11.4 Å². The molecule has 0 spiro atoms. The zero-order valence-corrected chi connectivity index (χ0v) is 33.3. The molecular formula is C58H43NO. The third-order valence-electron chi connectivity index (χ3n) is 12.4. The molecule has 11 rings (SSSR count). The number of anilines is 2. The van der Waals surface area contributed by atoms with E-state index < -0.39 is 0 Å². The van der Waals surface area contributed by atoms with E-state index in [0.717, 1.165) is 57.2 Å². The second-order valence-corrected chi connectivity index (χ2v) is 15.9. The molecule has 2 aliphatic carbocycles. The summed E-state index contributed by atoms with van der Waals surface area (Å²) in [5, 5.41) is 4.65. The number of nitrogens with zero attached hydrogens (tertiary/aromatic N) is 1. The van der Waals surface area contributed by atoms with Crippen LogP contribution in [0.25, 0.3) is 60.5 Å². The van der Waals surface area contributed by atoms with Crippen LogP contribution in [0.1, 0.15) is 41.4 Å². The van der Waals surface area contributed by atoms with Crippen LogP contribution >= 0.6 is 0 Å². The van der Waals surface area contributed by atoms with Crippen molar-refractivity contribution < 1.29 is 4.42 Å². The largest absolute Gasteiger partial charge is 0.455 e. The summed E-state index contributed by atoms with van der Waals surface area (Å²) in [7, 11) is 0. The Morgan fingerprint density at radius 3 is 1.78 bits per heavy atom. The van der Waals surface area contributed by atoms with E-state index in [1.54, 1.807) is 0 Å². The van der Waals surface area contributed by atoms with Crippen molar-refractivity contribution in [2.45, 2.75) is 24.7 Å². The van der Waals surface area contributed by atoms with Gasteiger partial charge in [0.05, 0.1) is 11.1 Å². The number of benzene rings is 8. The first kappa shape index (κ1) is 35.7. The Balaban J connectivity index is 1.05. The fourth-order valence-corrected chi connectivity index (χ4v) is 9.31. The van der Waals surface area contributed by atoms with Crippen LogP contribution in [0.15, 0.2) is 235 Å². The number of allylic oxidation sites excluding steroid dienone is 7. The van der Waals surface area contributed by atoms with Gasteiger partial charge in [0.15, 0.2) is 0 Å². The molecule has 0 amide bonds. The van der Waals surface area contributed by atoms with Gasteiger partial charge >= 0.3 is 0 Å². The molecule has 9 aromatic rings. The van der Waals surface area contributed by atoms with E-state index >= 15 is 0 Å². The van der Waals surface area contributed by atoms with Crippen molar-refractivity contribution in [1.29, 1.82) is 0 Å². The average molecular weight is 770 g/mol. The number of furan rings is 1. The van der Waals surface area contributed by atoms with E-state index in [9.17, 15) is 0 Å². The Morgan fingerprint density at radius 2 is 1.07 bits per heavy atom. The van der Waals surface area contributed by atoms with Gasteiger partial charge < -0.3 is 9.32 Å². The van der Waals surface area contributed by atoms with Gasteiger partial charge in [0.2, 0.25) is 0 Å². The molecule has 60 heavy (non-hydrogen) atoms. The predicted molar refractivity (Wildman–Crippen MR) is 253 cm³/mol. The van der Waals surface area contributed by atoms with Crippen molar-refractivity contribution in [2.75, 3.05) is 4.90 Å². The van der Waals surface area contributed by atoms with E-state index in [1.165, 1.54) is 49.9 Å². The van der Waals surface area contributed by atoms with E-state index in [4.69, 9.17) is 4.42 Å². The van der Waals surface area contributed by atoms with Crippen molar-refractivity contribution in [3.63, 3.8) is 0 Å². The lowest BCUT2D eigenvalue weighted by Gasteiger charge is -2.30. The number of hydrogen-bond donors (Lipinski definition) is 0. The van der Waals surface area contributed by atoms with E-state index in [2.05, 4.69) is 229 Å². The van der Waals surface area contributed by atoms with Crippen molar-refractivity contribution >= 4 is 49.7 Å². The summed E-state index contributed by atoms with van der Waals surface area (Å²) in [4.78, 5) is 2.45. The first-order chi connectivity index (χ1) is 29.7. The molecule has 0 aliphatic heterocycles. The molecule has 8 aromatic carbocycles. The average Bonchev–Trinajstić information content (AvgIpc) is 3.72. The number of hydrogen-bond acceptors (Lipinski definition) is 2. The normalized spacial score (nSPS) is 16.3. The maximum Gasteiger partial charge on any atom is 0.143 e. The van der Waals surface area contributed by atoms with Crippen molar-refractivity contribution in [1.82, 2.24) is 0 Å². The Labute approximate surface area is 351 Å². The molecule has 2 nitrogen and oxygen atoms in total. The van der Waals surface area contributed by atoms with Crippen LogP contribution in [-0.2, 0) is 0 Å². The maximum absolute atomic E-state index is 6.92. The highest BCUT2D eigenvalue weighted by molar-refractivity contribution is 6.20. The molecule has 286 valence electrons. The summed E-state index contributed by atoms with van der Waals surface area (Å²) in [5.41, 5.74) is 15.1. The van der Waals surface area contributed by atoms with Gasteiger partial charge in [0.25, 0.3) is 0 Å². The first-order valence-corrected chi connectivity index (χ1v) is 21.1. The summed E-state index contributed by atoms with van der Waals surface area (Å²) in [6, 6.07) is 67.7. The molecule has 0 fully saturated rings. The van der Waals surface area contributed by atoms with Gasteiger partial charge in [-0.05, 0) is 99.2 Å². The summed E-state index contributed by atoms with van der Waals surface area (Å²) < 4.78 is 6.92. The minimum Gasteiger partial charge on any atom is -0.455 e. The predicted octanol–water partition coefficient (Wildman–Crippen LogP) is 16.0. The fraction of sp³-hybridized carbons (Fsp3) is 0.0690. The summed E-state index contributed by atoms with van der Waals surface area (Å²) in [6.07, 6.45) is 16.0. The van der Waals surface area contributed by atoms with Crippen LogP contribution in [0, 0.1) is 0 Å². The van der Waals surface area contributed by atoms with E-state index in [0.29, 0.717) is 5.92 Å². The summed E-state index contributed by atoms with van der Waals surface area (Å²) in [5.74, 6) is 0.564. The number of rotatable bonds is 8. The highest BCUT2D eigenvalue weighted by Gasteiger charge is 2.25. The second-order valence-electron chi connectivity index (χ2n) is 15.9. The molecule has 1 heterocycles. The zero-order valence-electron chi connectivity index (χ0n) is 33.3. The highest BCUT2D eigenvalue weighted by Crippen LogP contribution is 2.47. The van der Waals surface area contributed by atoms with E-state index in [-0.39, 0.29) is 5.92 Å². The quantitative estimate of drug-likeness (QED) is 0.153. The van der Waals surface area contributed by atoms with Crippen molar-refractivity contribution in [2.24, 2.45) is 0 Å². The molecule has 0 saturated carbocycles. The lowest BCUT2D eigenvalue weighted by Crippen LogP contribution is -2.17. The SMILES string of the molecule is C1=CC(c2cc3c(oc4cccc(N(C5=CC[C@@H](c6ccccc6)C=C5)c5cccc(-c6ccc(-c7ccccc7)cc6)c5)c43)c3ccccc23)CC=C1c1ccccc1. The molecule has 2 heteroatoms. The minimum atomic E-state index is 0.240. The van der Waals surface area contributed by atoms with Gasteiger partial charge in [0.1, 0.15) is 11.2 Å². The Bertz CT molecular complexity index is 3130. The molecule has 2 atom stereocenters. The zero-order chi connectivity index (χ0) is 39.8. The van der Waals surface area contributed by atoms with Crippen LogP contribution in [0.5, 0.6) is 0 Å². The van der Waals surface area contributed by atoms with Gasteiger partial charge in [-0.2, -0.15) is 0 Å². The van der Waals surface area contributed by atoms with E-state index in [1.807, 2.05) is 0 Å². The second kappa shape index (κ2) is 15.4. The van der Waals surface area contributed by atoms with Gasteiger partial charge in [-0.25, -0.2) is 0 Å². The minimum absolute atomic E-state index is 0.240. The van der Waals surface area contributed by atoms with Gasteiger partial charge in [0, 0.05) is 34.0 Å². The Hall–Kier alpha value is -7.42. The van der Waals surface area contributed by atoms with Crippen LogP contribution in [-0.4, -0.2) is 0 Å². The topological polar surface area (TPSA) is 16.4 Å². The molecule has 0 N–H and O–H groups in total. The van der Waals surface area contributed by atoms with Gasteiger partial charge in [-0.15, -0.1) is 0 Å². The first-order valence-electron chi connectivity index (χ1n) is 21.1.